The Hall–Kier alpha value is -1.59. The van der Waals surface area contributed by atoms with Crippen LogP contribution in [0.3, 0.4) is 0 Å². The number of rotatable bonds is 4. The SMILES string of the molecule is COC1CCC(OC(=O)c2ccc(ON)cc2)CC1. The number of benzene rings is 1. The molecule has 0 amide bonds. The van der Waals surface area contributed by atoms with E-state index in [0.717, 1.165) is 25.7 Å². The van der Waals surface area contributed by atoms with Gasteiger partial charge in [0.15, 0.2) is 0 Å². The molecular weight excluding hydrogens is 246 g/mol. The molecule has 0 aliphatic heterocycles. The zero-order valence-corrected chi connectivity index (χ0v) is 11.0. The van der Waals surface area contributed by atoms with Gasteiger partial charge in [0.05, 0.1) is 11.7 Å². The minimum absolute atomic E-state index is 0.00987. The molecule has 0 spiro atoms. The van der Waals surface area contributed by atoms with Gasteiger partial charge in [-0.2, -0.15) is 5.90 Å². The van der Waals surface area contributed by atoms with Crippen LogP contribution < -0.4 is 10.7 Å². The van der Waals surface area contributed by atoms with Gasteiger partial charge in [-0.3, -0.25) is 0 Å². The summed E-state index contributed by atoms with van der Waals surface area (Å²) in [5.74, 6) is 5.23. The highest BCUT2D eigenvalue weighted by molar-refractivity contribution is 5.89. The summed E-state index contributed by atoms with van der Waals surface area (Å²) in [6, 6.07) is 6.56. The molecule has 0 unspecified atom stereocenters. The summed E-state index contributed by atoms with van der Waals surface area (Å²) in [6.45, 7) is 0. The lowest BCUT2D eigenvalue weighted by Crippen LogP contribution is -2.27. The van der Waals surface area contributed by atoms with E-state index in [-0.39, 0.29) is 12.1 Å². The Kier molecular flexibility index (Phi) is 4.76. The Morgan fingerprint density at radius 2 is 1.68 bits per heavy atom. The number of carbonyl (C=O) groups excluding carboxylic acids is 1. The average Bonchev–Trinajstić information content (AvgIpc) is 2.48. The molecule has 2 N–H and O–H groups in total. The van der Waals surface area contributed by atoms with Crippen LogP contribution in [0.2, 0.25) is 0 Å². The van der Waals surface area contributed by atoms with E-state index in [2.05, 4.69) is 4.84 Å². The Morgan fingerprint density at radius 3 is 2.21 bits per heavy atom. The number of esters is 1. The molecule has 19 heavy (non-hydrogen) atoms. The third kappa shape index (κ3) is 3.68. The molecule has 5 nitrogen and oxygen atoms in total. The van der Waals surface area contributed by atoms with E-state index in [1.54, 1.807) is 31.4 Å². The Bertz CT molecular complexity index is 410. The molecule has 1 aliphatic rings. The highest BCUT2D eigenvalue weighted by Gasteiger charge is 2.24. The summed E-state index contributed by atoms with van der Waals surface area (Å²) in [5, 5.41) is 0. The van der Waals surface area contributed by atoms with Crippen molar-refractivity contribution in [3.8, 4) is 5.75 Å². The van der Waals surface area contributed by atoms with Gasteiger partial charge in [-0.25, -0.2) is 4.79 Å². The molecule has 0 bridgehead atoms. The van der Waals surface area contributed by atoms with Gasteiger partial charge in [-0.1, -0.05) is 0 Å². The van der Waals surface area contributed by atoms with E-state index in [9.17, 15) is 4.79 Å². The summed E-state index contributed by atoms with van der Waals surface area (Å²) in [5.41, 5.74) is 0.509. The fourth-order valence-electron chi connectivity index (χ4n) is 2.27. The monoisotopic (exact) mass is 265 g/mol. The van der Waals surface area contributed by atoms with Crippen LogP contribution in [-0.2, 0) is 9.47 Å². The maximum absolute atomic E-state index is 11.9. The quantitative estimate of drug-likeness (QED) is 0.666. The van der Waals surface area contributed by atoms with Crippen LogP contribution in [0.15, 0.2) is 24.3 Å². The number of hydrogen-bond donors (Lipinski definition) is 1. The van der Waals surface area contributed by atoms with Gasteiger partial charge in [0.2, 0.25) is 0 Å². The number of nitrogens with two attached hydrogens (primary N) is 1. The minimum Gasteiger partial charge on any atom is -0.459 e. The molecule has 1 aromatic carbocycles. The molecule has 0 heterocycles. The highest BCUT2D eigenvalue weighted by Crippen LogP contribution is 2.24. The van der Waals surface area contributed by atoms with Crippen molar-refractivity contribution in [1.82, 2.24) is 0 Å². The molecule has 5 heteroatoms. The van der Waals surface area contributed by atoms with Crippen LogP contribution in [0.1, 0.15) is 36.0 Å². The Labute approximate surface area is 112 Å². The fraction of sp³-hybridized carbons (Fsp3) is 0.500. The number of methoxy groups -OCH3 is 1. The largest absolute Gasteiger partial charge is 0.459 e. The van der Waals surface area contributed by atoms with Crippen LogP contribution in [0.25, 0.3) is 0 Å². The summed E-state index contributed by atoms with van der Waals surface area (Å²) < 4.78 is 10.8. The zero-order chi connectivity index (χ0) is 13.7. The molecule has 0 aromatic heterocycles. The van der Waals surface area contributed by atoms with Crippen molar-refractivity contribution >= 4 is 5.97 Å². The normalized spacial score (nSPS) is 22.8. The van der Waals surface area contributed by atoms with E-state index in [4.69, 9.17) is 15.4 Å². The lowest BCUT2D eigenvalue weighted by Gasteiger charge is -2.27. The maximum atomic E-state index is 11.9. The van der Waals surface area contributed by atoms with Crippen molar-refractivity contribution in [1.29, 1.82) is 0 Å². The molecule has 2 rings (SSSR count). The molecule has 104 valence electrons. The Balaban J connectivity index is 1.87. The second-order valence-electron chi connectivity index (χ2n) is 4.68. The van der Waals surface area contributed by atoms with Gasteiger partial charge >= 0.3 is 5.97 Å². The van der Waals surface area contributed by atoms with Gasteiger partial charge in [0.25, 0.3) is 0 Å². The molecule has 0 atom stereocenters. The van der Waals surface area contributed by atoms with E-state index in [0.29, 0.717) is 17.4 Å². The smallest absolute Gasteiger partial charge is 0.338 e. The molecule has 1 aliphatic carbocycles. The van der Waals surface area contributed by atoms with Gasteiger partial charge in [0.1, 0.15) is 11.9 Å². The van der Waals surface area contributed by atoms with Crippen LogP contribution >= 0.6 is 0 Å². The molecule has 1 aromatic rings. The third-order valence-electron chi connectivity index (χ3n) is 3.45. The first-order valence-electron chi connectivity index (χ1n) is 6.43. The summed E-state index contributed by atoms with van der Waals surface area (Å²) >= 11 is 0. The summed E-state index contributed by atoms with van der Waals surface area (Å²) in [6.07, 6.45) is 3.88. The predicted molar refractivity (Wildman–Crippen MR) is 69.7 cm³/mol. The summed E-state index contributed by atoms with van der Waals surface area (Å²) in [7, 11) is 1.72. The molecule has 0 radical (unpaired) electrons. The minimum atomic E-state index is -0.301. The van der Waals surface area contributed by atoms with Crippen molar-refractivity contribution in [2.75, 3.05) is 7.11 Å². The topological polar surface area (TPSA) is 70.8 Å². The standard InChI is InChI=1S/C14H19NO4/c1-17-11-6-8-12(9-7-11)18-14(16)10-2-4-13(19-15)5-3-10/h2-5,11-12H,6-9,15H2,1H3. The average molecular weight is 265 g/mol. The van der Waals surface area contributed by atoms with Crippen molar-refractivity contribution in [2.24, 2.45) is 5.90 Å². The lowest BCUT2D eigenvalue weighted by atomic mass is 9.95. The molecule has 1 saturated carbocycles. The van der Waals surface area contributed by atoms with Crippen molar-refractivity contribution in [3.05, 3.63) is 29.8 Å². The van der Waals surface area contributed by atoms with Gasteiger partial charge in [-0.05, 0) is 49.9 Å². The molecule has 0 saturated heterocycles. The van der Waals surface area contributed by atoms with Gasteiger partial charge in [0, 0.05) is 7.11 Å². The number of carbonyl (C=O) groups is 1. The first-order valence-corrected chi connectivity index (χ1v) is 6.43. The maximum Gasteiger partial charge on any atom is 0.338 e. The zero-order valence-electron chi connectivity index (χ0n) is 11.0. The highest BCUT2D eigenvalue weighted by atomic mass is 16.6. The summed E-state index contributed by atoms with van der Waals surface area (Å²) in [4.78, 5) is 16.5. The first kappa shape index (κ1) is 13.8. The third-order valence-corrected chi connectivity index (χ3v) is 3.45. The van der Waals surface area contributed by atoms with Crippen LogP contribution in [0, 0.1) is 0 Å². The predicted octanol–water partition coefficient (Wildman–Crippen LogP) is 2.05. The van der Waals surface area contributed by atoms with Crippen LogP contribution in [0.5, 0.6) is 5.75 Å². The first-order chi connectivity index (χ1) is 9.22. The lowest BCUT2D eigenvalue weighted by molar-refractivity contribution is -0.00540. The number of hydrogen-bond acceptors (Lipinski definition) is 5. The Morgan fingerprint density at radius 1 is 1.11 bits per heavy atom. The van der Waals surface area contributed by atoms with Gasteiger partial charge in [-0.15, -0.1) is 0 Å². The second kappa shape index (κ2) is 6.54. The van der Waals surface area contributed by atoms with E-state index >= 15 is 0 Å². The number of ether oxygens (including phenoxy) is 2. The fourth-order valence-corrected chi connectivity index (χ4v) is 2.27. The van der Waals surface area contributed by atoms with Crippen molar-refractivity contribution in [3.63, 3.8) is 0 Å². The second-order valence-corrected chi connectivity index (χ2v) is 4.68. The molecule has 1 fully saturated rings. The van der Waals surface area contributed by atoms with E-state index < -0.39 is 0 Å². The van der Waals surface area contributed by atoms with Crippen molar-refractivity contribution < 1.29 is 19.1 Å². The van der Waals surface area contributed by atoms with E-state index in [1.165, 1.54) is 0 Å². The van der Waals surface area contributed by atoms with E-state index in [1.807, 2.05) is 0 Å². The van der Waals surface area contributed by atoms with Gasteiger partial charge < -0.3 is 14.3 Å². The van der Waals surface area contributed by atoms with Crippen molar-refractivity contribution in [2.45, 2.75) is 37.9 Å². The van der Waals surface area contributed by atoms with Crippen LogP contribution in [-0.4, -0.2) is 25.3 Å². The van der Waals surface area contributed by atoms with Crippen LogP contribution in [0.4, 0.5) is 0 Å². The molecular formula is C14H19NO4.